The highest BCUT2D eigenvalue weighted by atomic mass is 32.2. The van der Waals surface area contributed by atoms with Gasteiger partial charge in [0.2, 0.25) is 0 Å². The van der Waals surface area contributed by atoms with Gasteiger partial charge in [-0.05, 0) is 53.0 Å². The van der Waals surface area contributed by atoms with E-state index < -0.39 is 0 Å². The molecule has 3 aromatic rings. The minimum absolute atomic E-state index is 0.100. The first-order valence-electron chi connectivity index (χ1n) is 8.01. The van der Waals surface area contributed by atoms with Crippen molar-refractivity contribution in [3.05, 3.63) is 69.4 Å². The molecule has 1 unspecified atom stereocenters. The van der Waals surface area contributed by atoms with Crippen molar-refractivity contribution in [2.24, 2.45) is 4.99 Å². The summed E-state index contributed by atoms with van der Waals surface area (Å²) in [5.41, 5.74) is 1.85. The van der Waals surface area contributed by atoms with Crippen LogP contribution >= 0.6 is 23.1 Å². The monoisotopic (exact) mass is 381 g/mol. The van der Waals surface area contributed by atoms with Crippen LogP contribution in [0, 0.1) is 0 Å². The summed E-state index contributed by atoms with van der Waals surface area (Å²) in [6, 6.07) is 13.2. The van der Waals surface area contributed by atoms with E-state index in [1.165, 1.54) is 23.1 Å². The average Bonchev–Trinajstić information content (AvgIpc) is 3.30. The number of carbonyl (C=O) groups excluding carboxylic acids is 1. The summed E-state index contributed by atoms with van der Waals surface area (Å²) in [5.74, 6) is -0.178. The van der Waals surface area contributed by atoms with E-state index >= 15 is 0 Å². The summed E-state index contributed by atoms with van der Waals surface area (Å²) in [6.45, 7) is -0.100. The van der Waals surface area contributed by atoms with Crippen LogP contribution in [0.25, 0.3) is 17.0 Å². The number of pyridine rings is 1. The van der Waals surface area contributed by atoms with Gasteiger partial charge in [-0.3, -0.25) is 14.8 Å². The first kappa shape index (κ1) is 17.0. The summed E-state index contributed by atoms with van der Waals surface area (Å²) in [4.78, 5) is 22.6. The number of amides is 1. The van der Waals surface area contributed by atoms with Crippen molar-refractivity contribution in [2.45, 2.75) is 6.04 Å². The van der Waals surface area contributed by atoms with E-state index in [0.717, 1.165) is 21.3 Å². The number of aliphatic hydroxyl groups is 1. The minimum atomic E-state index is -0.358. The third-order valence-corrected chi connectivity index (χ3v) is 5.79. The molecule has 1 atom stereocenters. The van der Waals surface area contributed by atoms with Crippen LogP contribution < -0.4 is 5.32 Å². The van der Waals surface area contributed by atoms with Gasteiger partial charge in [-0.15, -0.1) is 11.3 Å². The van der Waals surface area contributed by atoms with Crippen molar-refractivity contribution >= 4 is 51.2 Å². The molecule has 0 saturated carbocycles. The molecule has 7 heteroatoms. The van der Waals surface area contributed by atoms with Crippen molar-refractivity contribution in [3.8, 4) is 0 Å². The van der Waals surface area contributed by atoms with Gasteiger partial charge in [-0.1, -0.05) is 18.2 Å². The Labute approximate surface area is 158 Å². The summed E-state index contributed by atoms with van der Waals surface area (Å²) < 4.78 is 0. The van der Waals surface area contributed by atoms with Gasteiger partial charge in [0.15, 0.2) is 5.17 Å². The molecule has 1 saturated heterocycles. The van der Waals surface area contributed by atoms with Crippen molar-refractivity contribution in [1.29, 1.82) is 0 Å². The molecule has 130 valence electrons. The van der Waals surface area contributed by atoms with Crippen LogP contribution in [0.15, 0.2) is 63.9 Å². The molecule has 2 N–H and O–H groups in total. The zero-order valence-electron chi connectivity index (χ0n) is 13.6. The first-order valence-corrected chi connectivity index (χ1v) is 9.70. The van der Waals surface area contributed by atoms with Crippen LogP contribution in [0.2, 0.25) is 0 Å². The predicted octanol–water partition coefficient (Wildman–Crippen LogP) is 3.59. The number of aliphatic hydroxyl groups excluding tert-OH is 1. The third kappa shape index (κ3) is 3.55. The lowest BCUT2D eigenvalue weighted by atomic mass is 10.1. The number of thiophene rings is 1. The van der Waals surface area contributed by atoms with Crippen LogP contribution in [0.4, 0.5) is 0 Å². The Morgan fingerprint density at radius 2 is 2.19 bits per heavy atom. The molecule has 1 aliphatic heterocycles. The van der Waals surface area contributed by atoms with Crippen molar-refractivity contribution in [3.63, 3.8) is 0 Å². The third-order valence-electron chi connectivity index (χ3n) is 3.89. The van der Waals surface area contributed by atoms with E-state index in [4.69, 9.17) is 0 Å². The normalized spacial score (nSPS) is 18.6. The molecule has 1 amide bonds. The summed E-state index contributed by atoms with van der Waals surface area (Å²) in [7, 11) is 0. The van der Waals surface area contributed by atoms with Gasteiger partial charge in [0.1, 0.15) is 6.04 Å². The van der Waals surface area contributed by atoms with Crippen LogP contribution in [-0.2, 0) is 4.79 Å². The fourth-order valence-corrected chi connectivity index (χ4v) is 4.27. The molecular weight excluding hydrogens is 366 g/mol. The smallest absolute Gasteiger partial charge is 0.264 e. The van der Waals surface area contributed by atoms with Crippen molar-refractivity contribution < 1.29 is 9.90 Å². The van der Waals surface area contributed by atoms with Crippen molar-refractivity contribution in [2.75, 3.05) is 6.61 Å². The predicted molar refractivity (Wildman–Crippen MR) is 107 cm³/mol. The number of hydrogen-bond donors (Lipinski definition) is 2. The van der Waals surface area contributed by atoms with Gasteiger partial charge in [0.25, 0.3) is 5.91 Å². The number of benzene rings is 1. The summed E-state index contributed by atoms with van der Waals surface area (Å²) in [6.07, 6.45) is 3.60. The molecule has 1 aliphatic rings. The van der Waals surface area contributed by atoms with E-state index in [2.05, 4.69) is 15.3 Å². The molecule has 3 heterocycles. The Morgan fingerprint density at radius 3 is 3.00 bits per heavy atom. The van der Waals surface area contributed by atoms with E-state index in [-0.39, 0.29) is 18.6 Å². The zero-order chi connectivity index (χ0) is 17.9. The summed E-state index contributed by atoms with van der Waals surface area (Å²) in [5, 5.41) is 15.8. The van der Waals surface area contributed by atoms with Crippen LogP contribution in [0.5, 0.6) is 0 Å². The topological polar surface area (TPSA) is 74.6 Å². The van der Waals surface area contributed by atoms with Gasteiger partial charge in [-0.25, -0.2) is 0 Å². The molecule has 1 aromatic carbocycles. The Kier molecular flexibility index (Phi) is 4.83. The Morgan fingerprint density at radius 1 is 1.27 bits per heavy atom. The molecule has 0 spiro atoms. The van der Waals surface area contributed by atoms with Gasteiger partial charge < -0.3 is 10.4 Å². The van der Waals surface area contributed by atoms with E-state index in [1.807, 2.05) is 53.9 Å². The largest absolute Gasteiger partial charge is 0.394 e. The Hall–Kier alpha value is -2.48. The first-order chi connectivity index (χ1) is 12.7. The second kappa shape index (κ2) is 7.41. The second-order valence-electron chi connectivity index (χ2n) is 5.67. The molecule has 0 radical (unpaired) electrons. The zero-order valence-corrected chi connectivity index (χ0v) is 15.3. The van der Waals surface area contributed by atoms with Gasteiger partial charge in [0.05, 0.1) is 17.0 Å². The number of carbonyl (C=O) groups is 1. The number of rotatable bonds is 4. The number of fused-ring (bicyclic) bond motifs is 1. The molecule has 26 heavy (non-hydrogen) atoms. The number of nitrogens with one attached hydrogen (secondary N) is 1. The number of aromatic nitrogens is 1. The van der Waals surface area contributed by atoms with Crippen molar-refractivity contribution in [1.82, 2.24) is 10.3 Å². The second-order valence-corrected chi connectivity index (χ2v) is 7.68. The highest BCUT2D eigenvalue weighted by molar-refractivity contribution is 8.18. The SMILES string of the molecule is O=C1NC(=NC(CO)c2cccs2)SC1=Cc1ccc2ncccc2c1. The fourth-order valence-electron chi connectivity index (χ4n) is 2.64. The Balaban J connectivity index is 1.58. The lowest BCUT2D eigenvalue weighted by molar-refractivity contribution is -0.115. The highest BCUT2D eigenvalue weighted by Crippen LogP contribution is 2.30. The van der Waals surface area contributed by atoms with E-state index in [0.29, 0.717) is 10.1 Å². The number of thioether (sulfide) groups is 1. The molecular formula is C19H15N3O2S2. The lowest BCUT2D eigenvalue weighted by Crippen LogP contribution is -2.20. The number of nitrogens with zero attached hydrogens (tertiary/aromatic N) is 2. The standard InChI is InChI=1S/C19H15N3O2S2/c23-11-15(16-4-2-8-25-16)21-19-22-18(24)17(26-19)10-12-5-6-14-13(9-12)3-1-7-20-14/h1-10,15,23H,11H2,(H,21,22,24). The van der Waals surface area contributed by atoms with Crippen LogP contribution in [0.3, 0.4) is 0 Å². The van der Waals surface area contributed by atoms with Crippen LogP contribution in [0.1, 0.15) is 16.5 Å². The van der Waals surface area contributed by atoms with Gasteiger partial charge in [0, 0.05) is 16.5 Å². The molecule has 4 rings (SSSR count). The maximum Gasteiger partial charge on any atom is 0.264 e. The summed E-state index contributed by atoms with van der Waals surface area (Å²) >= 11 is 2.82. The maximum atomic E-state index is 12.3. The maximum absolute atomic E-state index is 12.3. The molecule has 2 aromatic heterocycles. The Bertz CT molecular complexity index is 1010. The number of amidine groups is 1. The fraction of sp³-hybridized carbons (Fsp3) is 0.105. The highest BCUT2D eigenvalue weighted by Gasteiger charge is 2.25. The average molecular weight is 381 g/mol. The minimum Gasteiger partial charge on any atom is -0.394 e. The van der Waals surface area contributed by atoms with E-state index in [1.54, 1.807) is 6.20 Å². The molecule has 0 bridgehead atoms. The van der Waals surface area contributed by atoms with E-state index in [9.17, 15) is 9.90 Å². The quantitative estimate of drug-likeness (QED) is 0.677. The van der Waals surface area contributed by atoms with Crippen LogP contribution in [-0.4, -0.2) is 27.8 Å². The lowest BCUT2D eigenvalue weighted by Gasteiger charge is -2.07. The molecule has 1 fully saturated rings. The number of hydrogen-bond acceptors (Lipinski definition) is 6. The molecule has 0 aliphatic carbocycles. The number of aliphatic imine (C=N–C) groups is 1. The van der Waals surface area contributed by atoms with Gasteiger partial charge in [-0.2, -0.15) is 0 Å². The molecule has 5 nitrogen and oxygen atoms in total. The van der Waals surface area contributed by atoms with Gasteiger partial charge >= 0.3 is 0 Å².